The quantitative estimate of drug-likeness (QED) is 0.0354. The minimum Gasteiger partial charge on any atom is -0.488 e. The number of fused-ring (bicyclic) bond motifs is 2. The molecule has 0 radical (unpaired) electrons. The summed E-state index contributed by atoms with van der Waals surface area (Å²) in [6, 6.07) is 37.6. The number of pyridine rings is 2. The van der Waals surface area contributed by atoms with E-state index in [0.29, 0.717) is 100 Å². The van der Waals surface area contributed by atoms with Crippen LogP contribution in [0, 0.1) is 23.7 Å². The fourth-order valence-corrected chi connectivity index (χ4v) is 17.6. The summed E-state index contributed by atoms with van der Waals surface area (Å²) in [6.45, 7) is 16.3. The molecule has 5 aliphatic rings. The Labute approximate surface area is 824 Å². The second kappa shape index (κ2) is 40.7. The van der Waals surface area contributed by atoms with Crippen LogP contribution < -0.4 is 31.6 Å². The van der Waals surface area contributed by atoms with Gasteiger partial charge in [0.1, 0.15) is 39.4 Å². The van der Waals surface area contributed by atoms with Crippen molar-refractivity contribution in [2.45, 2.75) is 134 Å². The minimum absolute atomic E-state index is 0.0408. The molecule has 1 unspecified atom stereocenters. The first-order valence-electron chi connectivity index (χ1n) is 47.5. The summed E-state index contributed by atoms with van der Waals surface area (Å²) < 4.78 is 40.4. The molecule has 40 nitrogen and oxygen atoms in total. The Morgan fingerprint density at radius 2 is 0.629 bits per heavy atom. The van der Waals surface area contributed by atoms with Crippen LogP contribution in [0.2, 0.25) is 0 Å². The highest BCUT2D eigenvalue weighted by molar-refractivity contribution is 5.78. The van der Waals surface area contributed by atoms with Crippen LogP contribution in [0.5, 0.6) is 11.5 Å². The summed E-state index contributed by atoms with van der Waals surface area (Å²) in [7, 11) is 13.7. The van der Waals surface area contributed by atoms with Crippen molar-refractivity contribution >= 4 is 47.2 Å². The number of nitrogen functional groups attached to an aromatic ring is 2. The first-order chi connectivity index (χ1) is 68.8. The molecule has 736 valence electrons. The lowest BCUT2D eigenvalue weighted by atomic mass is 9.62. The van der Waals surface area contributed by atoms with Crippen LogP contribution in [0.15, 0.2) is 214 Å². The number of carbonyl (C=O) groups excluding carboxylic acids is 4. The van der Waals surface area contributed by atoms with Gasteiger partial charge in [-0.1, -0.05) is 138 Å². The predicted molar refractivity (Wildman–Crippen MR) is 531 cm³/mol. The van der Waals surface area contributed by atoms with E-state index < -0.39 is 10.8 Å². The molecule has 40 heteroatoms. The van der Waals surface area contributed by atoms with Crippen molar-refractivity contribution in [1.82, 2.24) is 129 Å². The van der Waals surface area contributed by atoms with Gasteiger partial charge in [0.05, 0.1) is 81.8 Å². The number of ether oxygens (including phenoxy) is 2. The van der Waals surface area contributed by atoms with Crippen molar-refractivity contribution in [2.24, 2.45) is 23.7 Å². The van der Waals surface area contributed by atoms with E-state index in [-0.39, 0.29) is 78.5 Å². The fourth-order valence-electron chi connectivity index (χ4n) is 17.6. The Hall–Kier alpha value is -16.6. The number of likely N-dealkylation sites (N-methyl/N-ethyl adjacent to an activating group) is 4. The lowest BCUT2D eigenvalue weighted by Crippen LogP contribution is -2.38. The molecule has 0 spiro atoms. The van der Waals surface area contributed by atoms with Crippen LogP contribution in [-0.2, 0) is 67.0 Å². The van der Waals surface area contributed by atoms with E-state index in [4.69, 9.17) is 59.0 Å². The van der Waals surface area contributed by atoms with Crippen LogP contribution >= 0.6 is 0 Å². The van der Waals surface area contributed by atoms with Gasteiger partial charge in [-0.05, 0) is 147 Å². The lowest BCUT2D eigenvalue weighted by molar-refractivity contribution is -0.130. The van der Waals surface area contributed by atoms with E-state index in [2.05, 4.69) is 208 Å². The second-order valence-corrected chi connectivity index (χ2v) is 38.4. The summed E-state index contributed by atoms with van der Waals surface area (Å²) in [5.74, 6) is 9.04. The average Bonchev–Trinajstić information content (AvgIpc) is 1.76. The molecule has 143 heavy (non-hydrogen) atoms. The maximum Gasteiger partial charge on any atom is 0.261 e. The topological polar surface area (TPSA) is 480 Å². The third kappa shape index (κ3) is 20.8. The standard InChI is InChI=1S/2C27H29N7O3.C25H28N8O2.C24H28N8O2/c2*1-27(21-8-9-21,26-31-25(37-32-26)19-14-30-34(15-19)16-23(35)33(2)3)20-6-4-17(5-7-20)18-12-22-24(29-13-18)28-10-11-36-22;1-25(19-5-4-6-19,20-9-7-16(8-10-20)17-11-27-24(26)28-12-17)23-30-22(35-31-23)18-13-29-33(14-18)15-21(34)32(2)3;1-15(2)24(3,19-8-6-16(7-9-19)17-10-26-23(25)27-11-17)22-29-21(34-30-22)18-12-28-32(13-18)14-20(33)31(4)5/h2*4-7,12-15,21H,8-11,16H2,1-3H3,(H,28,29);7-14,19H,4-6,15H2,1-3H3,(H2,26,27,28);6-13,15H,14H2,1-5H3,(H2,25,26,27)/t2*27-;25-;/m100./s1. The lowest BCUT2D eigenvalue weighted by Gasteiger charge is -2.41. The predicted octanol–water partition coefficient (Wildman–Crippen LogP) is 13.4. The zero-order valence-electron chi connectivity index (χ0n) is 82.3. The summed E-state index contributed by atoms with van der Waals surface area (Å²) >= 11 is 0. The molecule has 3 saturated carbocycles. The minimum atomic E-state index is -0.491. The molecule has 4 aromatic carbocycles. The number of nitrogens with one attached hydrogen (secondary N) is 2. The van der Waals surface area contributed by atoms with Crippen molar-refractivity contribution in [1.29, 1.82) is 0 Å². The van der Waals surface area contributed by atoms with Crippen molar-refractivity contribution in [3.63, 3.8) is 0 Å². The molecule has 4 atom stereocenters. The van der Waals surface area contributed by atoms with Gasteiger partial charge < -0.3 is 69.3 Å². The van der Waals surface area contributed by atoms with Crippen molar-refractivity contribution in [3.05, 3.63) is 242 Å². The summed E-state index contributed by atoms with van der Waals surface area (Å²) in [5.41, 5.74) is 24.7. The van der Waals surface area contributed by atoms with Crippen LogP contribution in [0.3, 0.4) is 0 Å². The van der Waals surface area contributed by atoms with E-state index in [9.17, 15) is 19.2 Å². The van der Waals surface area contributed by atoms with Gasteiger partial charge in [0.15, 0.2) is 46.4 Å². The number of amides is 4. The number of anilines is 4. The Kier molecular flexibility index (Phi) is 27.5. The van der Waals surface area contributed by atoms with E-state index in [1.807, 2.05) is 36.7 Å². The van der Waals surface area contributed by atoms with Crippen LogP contribution in [-0.4, -0.2) is 236 Å². The maximum absolute atomic E-state index is 12.0. The maximum atomic E-state index is 12.0. The Morgan fingerprint density at radius 3 is 0.909 bits per heavy atom. The Bertz CT molecular complexity index is 6950. The third-order valence-corrected chi connectivity index (χ3v) is 27.8. The van der Waals surface area contributed by atoms with E-state index in [0.717, 1.165) is 142 Å². The van der Waals surface area contributed by atoms with Crippen molar-refractivity contribution in [3.8, 4) is 102 Å². The molecule has 16 aromatic rings. The average molecular weight is 1930 g/mol. The molecule has 0 saturated heterocycles. The van der Waals surface area contributed by atoms with Gasteiger partial charge in [0.2, 0.25) is 35.5 Å². The molecule has 12 aromatic heterocycles. The van der Waals surface area contributed by atoms with Gasteiger partial charge in [0, 0.05) is 141 Å². The molecule has 2 aliphatic heterocycles. The number of hydrogen-bond donors (Lipinski definition) is 4. The summed E-state index contributed by atoms with van der Waals surface area (Å²) in [4.78, 5) is 98.5. The molecule has 6 N–H and O–H groups in total. The number of benzene rings is 4. The fraction of sp³-hybridized carbons (Fsp3) is 0.359. The van der Waals surface area contributed by atoms with E-state index in [1.165, 1.54) is 26.0 Å². The molecule has 3 fully saturated rings. The summed E-state index contributed by atoms with van der Waals surface area (Å²) in [6.07, 6.45) is 32.0. The molecule has 3 aliphatic carbocycles. The SMILES string of the molecule is CC(C)C(C)(c1ccc(-c2cnc(N)nc2)cc1)c1noc(-c2cnn(CC(=O)N(C)C)c2)n1.CN(C)C(=O)Cn1cc(-c2nc([C@@](C)(c3ccc(-c4cnc5c(c4)OCCN5)cc3)C3CC3)no2)cn1.CN(C)C(=O)Cn1cc(-c2nc([C@](C)(c3ccc(-c4cnc(N)nc4)cc3)C3CCC3)no2)cn1.CN(C)C(=O)Cn1cc(-c2nc([C@](C)(c3ccc(-c4cnc5c(c4)OCCN5)cc3)C3CC3)no2)cn1. The van der Waals surface area contributed by atoms with Crippen LogP contribution in [0.4, 0.5) is 23.5 Å². The van der Waals surface area contributed by atoms with Gasteiger partial charge in [-0.3, -0.25) is 37.9 Å². The summed E-state index contributed by atoms with van der Waals surface area (Å²) in [5, 5.41) is 41.1. The number of aromatic nitrogens is 22. The first-order valence-corrected chi connectivity index (χ1v) is 47.5. The van der Waals surface area contributed by atoms with Gasteiger partial charge in [-0.2, -0.15) is 40.3 Å². The second-order valence-electron chi connectivity index (χ2n) is 38.4. The highest BCUT2D eigenvalue weighted by Crippen LogP contribution is 2.54. The number of nitrogens with two attached hydrogens (primary N) is 2. The van der Waals surface area contributed by atoms with Gasteiger partial charge >= 0.3 is 0 Å². The smallest absolute Gasteiger partial charge is 0.261 e. The van der Waals surface area contributed by atoms with Crippen molar-refractivity contribution < 1.29 is 46.7 Å². The highest BCUT2D eigenvalue weighted by atomic mass is 16.5. The molecule has 0 bridgehead atoms. The monoisotopic (exact) mass is 1930 g/mol. The van der Waals surface area contributed by atoms with E-state index in [1.54, 1.807) is 149 Å². The molecular weight excluding hydrogens is 1820 g/mol. The largest absolute Gasteiger partial charge is 0.488 e. The molecular formula is C103H114N30O10. The third-order valence-electron chi connectivity index (χ3n) is 27.8. The number of rotatable bonds is 28. The van der Waals surface area contributed by atoms with Gasteiger partial charge in [-0.15, -0.1) is 0 Å². The van der Waals surface area contributed by atoms with Crippen LogP contribution in [0.25, 0.3) is 90.3 Å². The number of carbonyl (C=O) groups is 4. The van der Waals surface area contributed by atoms with Crippen molar-refractivity contribution in [2.75, 3.05) is 105 Å². The van der Waals surface area contributed by atoms with E-state index >= 15 is 0 Å². The Balaban J connectivity index is 0.000000126. The number of nitrogens with zero attached hydrogens (tertiary/aromatic N) is 26. The zero-order chi connectivity index (χ0) is 100. The van der Waals surface area contributed by atoms with Crippen LogP contribution in [0.1, 0.15) is 132 Å². The molecule has 4 amide bonds. The van der Waals surface area contributed by atoms with Gasteiger partial charge in [0.25, 0.3) is 23.6 Å². The Morgan fingerprint density at radius 1 is 0.357 bits per heavy atom. The highest BCUT2D eigenvalue weighted by Gasteiger charge is 2.50. The van der Waals surface area contributed by atoms with Gasteiger partial charge in [-0.25, -0.2) is 29.9 Å². The normalized spacial score (nSPS) is 15.3. The number of hydrogen-bond acceptors (Lipinski definition) is 32. The molecule has 21 rings (SSSR count). The zero-order valence-corrected chi connectivity index (χ0v) is 82.3. The first kappa shape index (κ1) is 96.7. The molecule has 14 heterocycles.